The van der Waals surface area contributed by atoms with E-state index in [-0.39, 0.29) is 5.56 Å². The van der Waals surface area contributed by atoms with Crippen molar-refractivity contribution in [2.45, 2.75) is 51.8 Å². The minimum absolute atomic E-state index is 0.134. The molecule has 0 bridgehead atoms. The highest BCUT2D eigenvalue weighted by Gasteiger charge is 2.25. The second-order valence-corrected chi connectivity index (χ2v) is 11.4. The van der Waals surface area contributed by atoms with E-state index < -0.39 is 5.60 Å². The van der Waals surface area contributed by atoms with Crippen LogP contribution >= 0.6 is 0 Å². The van der Waals surface area contributed by atoms with E-state index in [4.69, 9.17) is 9.97 Å². The first kappa shape index (κ1) is 25.7. The van der Waals surface area contributed by atoms with Gasteiger partial charge in [-0.3, -0.25) is 4.79 Å². The van der Waals surface area contributed by atoms with Crippen LogP contribution in [0.15, 0.2) is 47.4 Å². The maximum Gasteiger partial charge on any atom is 0.278 e. The summed E-state index contributed by atoms with van der Waals surface area (Å²) >= 11 is 0. The van der Waals surface area contributed by atoms with E-state index in [2.05, 4.69) is 39.7 Å². The number of hydrogen-bond donors (Lipinski definition) is 3. The zero-order chi connectivity index (χ0) is 27.1. The van der Waals surface area contributed by atoms with Crippen molar-refractivity contribution in [1.82, 2.24) is 34.5 Å². The molecule has 0 radical (unpaired) electrons. The zero-order valence-electron chi connectivity index (χ0n) is 22.8. The first-order chi connectivity index (χ1) is 18.8. The average Bonchev–Trinajstić information content (AvgIpc) is 3.20. The van der Waals surface area contributed by atoms with Crippen molar-refractivity contribution in [3.63, 3.8) is 0 Å². The standard InChI is InChI=1S/C29H36N8O2/c1-29(2,39)24-5-4-6-25(33-24)37-26-23(27(38)36(37)18-19-10-13-35(3)14-11-19)17-31-28(34-26)32-22-8-7-20-9-12-30-16-21(20)15-22/h4-8,15,17,19,30,39H,9-14,16,18H2,1-3H3,(H,31,32,34). The number of anilines is 2. The summed E-state index contributed by atoms with van der Waals surface area (Å²) in [5.74, 6) is 1.32. The first-order valence-electron chi connectivity index (χ1n) is 13.7. The number of nitrogens with zero attached hydrogens (tertiary/aromatic N) is 6. The molecular formula is C29H36N8O2. The molecule has 1 aromatic carbocycles. The van der Waals surface area contributed by atoms with Crippen molar-refractivity contribution in [2.24, 2.45) is 5.92 Å². The summed E-state index contributed by atoms with van der Waals surface area (Å²) in [6, 6.07) is 11.8. The largest absolute Gasteiger partial charge is 0.384 e. The molecule has 4 aromatic rings. The third-order valence-corrected chi connectivity index (χ3v) is 7.87. The number of benzene rings is 1. The molecule has 0 spiro atoms. The van der Waals surface area contributed by atoms with Crippen LogP contribution in [0.3, 0.4) is 0 Å². The molecule has 0 unspecified atom stereocenters. The van der Waals surface area contributed by atoms with E-state index in [1.54, 1.807) is 35.5 Å². The van der Waals surface area contributed by atoms with Crippen LogP contribution in [0.25, 0.3) is 16.9 Å². The summed E-state index contributed by atoms with van der Waals surface area (Å²) in [4.78, 5) is 30.1. The van der Waals surface area contributed by atoms with Gasteiger partial charge in [0.25, 0.3) is 5.56 Å². The van der Waals surface area contributed by atoms with Crippen LogP contribution in [0.4, 0.5) is 11.6 Å². The molecule has 3 aromatic heterocycles. The Labute approximate surface area is 227 Å². The number of fused-ring (bicyclic) bond motifs is 2. The van der Waals surface area contributed by atoms with Gasteiger partial charge in [0, 0.05) is 25.0 Å². The number of piperidine rings is 1. The lowest BCUT2D eigenvalue weighted by molar-refractivity contribution is 0.0737. The molecule has 2 aliphatic rings. The second-order valence-electron chi connectivity index (χ2n) is 11.4. The Morgan fingerprint density at radius 3 is 2.74 bits per heavy atom. The highest BCUT2D eigenvalue weighted by molar-refractivity contribution is 5.77. The van der Waals surface area contributed by atoms with Crippen LogP contribution in [0.2, 0.25) is 0 Å². The van der Waals surface area contributed by atoms with Crippen molar-refractivity contribution in [3.8, 4) is 5.82 Å². The van der Waals surface area contributed by atoms with Crippen LogP contribution in [0, 0.1) is 5.92 Å². The van der Waals surface area contributed by atoms with Crippen molar-refractivity contribution in [3.05, 3.63) is 69.8 Å². The molecule has 39 heavy (non-hydrogen) atoms. The van der Waals surface area contributed by atoms with Gasteiger partial charge in [-0.2, -0.15) is 4.98 Å². The number of nitrogens with one attached hydrogen (secondary N) is 2. The van der Waals surface area contributed by atoms with E-state index >= 15 is 0 Å². The molecule has 10 nitrogen and oxygen atoms in total. The maximum atomic E-state index is 13.7. The van der Waals surface area contributed by atoms with E-state index in [9.17, 15) is 9.90 Å². The third kappa shape index (κ3) is 5.19. The SMILES string of the molecule is CN1CCC(Cn2c(=O)c3cnc(Nc4ccc5c(c4)CNCC5)nc3n2-c2cccc(C(C)(C)O)n2)CC1. The number of aliphatic hydroxyl groups is 1. The number of rotatable bonds is 6. The van der Waals surface area contributed by atoms with Gasteiger partial charge in [-0.1, -0.05) is 12.1 Å². The van der Waals surface area contributed by atoms with Gasteiger partial charge in [0.15, 0.2) is 11.5 Å². The predicted molar refractivity (Wildman–Crippen MR) is 152 cm³/mol. The average molecular weight is 529 g/mol. The second kappa shape index (κ2) is 10.2. The summed E-state index contributed by atoms with van der Waals surface area (Å²) in [7, 11) is 2.13. The van der Waals surface area contributed by atoms with Gasteiger partial charge in [0.05, 0.1) is 5.69 Å². The fraction of sp³-hybridized carbons (Fsp3) is 0.448. The molecule has 5 heterocycles. The van der Waals surface area contributed by atoms with Gasteiger partial charge in [-0.05, 0) is 101 Å². The Balaban J connectivity index is 1.44. The highest BCUT2D eigenvalue weighted by atomic mass is 16.3. The van der Waals surface area contributed by atoms with Crippen LogP contribution in [0.1, 0.15) is 43.5 Å². The van der Waals surface area contributed by atoms with E-state index in [1.165, 1.54) is 11.1 Å². The molecule has 204 valence electrons. The van der Waals surface area contributed by atoms with Gasteiger partial charge in [0.2, 0.25) is 5.95 Å². The minimum Gasteiger partial charge on any atom is -0.384 e. The van der Waals surface area contributed by atoms with Gasteiger partial charge < -0.3 is 20.6 Å². The summed E-state index contributed by atoms with van der Waals surface area (Å²) < 4.78 is 3.55. The Bertz CT molecular complexity index is 1560. The Kier molecular flexibility index (Phi) is 6.70. The fourth-order valence-electron chi connectivity index (χ4n) is 5.54. The Morgan fingerprint density at radius 1 is 1.13 bits per heavy atom. The van der Waals surface area contributed by atoms with E-state index in [0.717, 1.165) is 51.1 Å². The molecule has 3 N–H and O–H groups in total. The van der Waals surface area contributed by atoms with Crippen LogP contribution in [-0.2, 0) is 25.1 Å². The van der Waals surface area contributed by atoms with Crippen molar-refractivity contribution < 1.29 is 5.11 Å². The molecule has 1 saturated heterocycles. The quantitative estimate of drug-likeness (QED) is 0.350. The molecule has 6 rings (SSSR count). The van der Waals surface area contributed by atoms with Crippen LogP contribution < -0.4 is 16.2 Å². The molecule has 0 amide bonds. The topological polar surface area (TPSA) is 113 Å². The minimum atomic E-state index is -1.12. The summed E-state index contributed by atoms with van der Waals surface area (Å²) in [5, 5.41) is 17.8. The normalized spacial score (nSPS) is 16.9. The summed E-state index contributed by atoms with van der Waals surface area (Å²) in [6.45, 7) is 7.83. The summed E-state index contributed by atoms with van der Waals surface area (Å²) in [6.07, 6.45) is 4.67. The van der Waals surface area contributed by atoms with Gasteiger partial charge in [-0.25, -0.2) is 19.3 Å². The van der Waals surface area contributed by atoms with Gasteiger partial charge >= 0.3 is 0 Å². The molecule has 2 aliphatic heterocycles. The molecule has 0 atom stereocenters. The lowest BCUT2D eigenvalue weighted by Crippen LogP contribution is -2.35. The number of hydrogen-bond acceptors (Lipinski definition) is 8. The third-order valence-electron chi connectivity index (χ3n) is 7.87. The van der Waals surface area contributed by atoms with E-state index in [1.807, 2.05) is 18.2 Å². The smallest absolute Gasteiger partial charge is 0.278 e. The lowest BCUT2D eigenvalue weighted by atomic mass is 9.97. The molecule has 0 saturated carbocycles. The first-order valence-corrected chi connectivity index (χ1v) is 13.7. The Morgan fingerprint density at radius 2 is 1.95 bits per heavy atom. The van der Waals surface area contributed by atoms with Crippen molar-refractivity contribution >= 4 is 22.7 Å². The van der Waals surface area contributed by atoms with Gasteiger partial charge in [-0.15, -0.1) is 0 Å². The van der Waals surface area contributed by atoms with Gasteiger partial charge in [0.1, 0.15) is 11.0 Å². The summed E-state index contributed by atoms with van der Waals surface area (Å²) in [5.41, 5.74) is 3.28. The van der Waals surface area contributed by atoms with Crippen LogP contribution in [0.5, 0.6) is 0 Å². The molecule has 1 fully saturated rings. The lowest BCUT2D eigenvalue weighted by Gasteiger charge is -2.29. The van der Waals surface area contributed by atoms with Crippen molar-refractivity contribution in [1.29, 1.82) is 0 Å². The number of aromatic nitrogens is 5. The molecular weight excluding hydrogens is 492 g/mol. The predicted octanol–water partition coefficient (Wildman–Crippen LogP) is 2.94. The maximum absolute atomic E-state index is 13.7. The molecule has 0 aliphatic carbocycles. The zero-order valence-corrected chi connectivity index (χ0v) is 22.8. The number of likely N-dealkylation sites (tertiary alicyclic amines) is 1. The molecule has 10 heteroatoms. The highest BCUT2D eigenvalue weighted by Crippen LogP contribution is 2.25. The number of pyridine rings is 1. The van der Waals surface area contributed by atoms with E-state index in [0.29, 0.717) is 41.0 Å². The van der Waals surface area contributed by atoms with Crippen LogP contribution in [-0.4, -0.2) is 61.0 Å². The monoisotopic (exact) mass is 528 g/mol. The fourth-order valence-corrected chi connectivity index (χ4v) is 5.54. The Hall–Kier alpha value is -3.60. The van der Waals surface area contributed by atoms with Crippen molar-refractivity contribution in [2.75, 3.05) is 32.0 Å².